The molecular weight excluding hydrogens is 513 g/mol. The minimum atomic E-state index is 0. The monoisotopic (exact) mass is 549 g/mol. The lowest BCUT2D eigenvalue weighted by Crippen LogP contribution is -2.60. The molecule has 4 rings (SSSR count). The molecule has 8 nitrogen and oxygen atoms in total. The lowest BCUT2D eigenvalue weighted by molar-refractivity contribution is -0.0166. The van der Waals surface area contributed by atoms with Gasteiger partial charge in [0.1, 0.15) is 5.82 Å². The first-order valence-corrected chi connectivity index (χ1v) is 11.9. The highest BCUT2D eigenvalue weighted by Crippen LogP contribution is 2.31. The summed E-state index contributed by atoms with van der Waals surface area (Å²) in [5, 5.41) is 4.78. The van der Waals surface area contributed by atoms with Crippen LogP contribution in [0.3, 0.4) is 0 Å². The van der Waals surface area contributed by atoms with Gasteiger partial charge in [-0.2, -0.15) is 4.37 Å². The molecule has 10 heteroatoms. The molecule has 3 aliphatic heterocycles. The fourth-order valence-corrected chi connectivity index (χ4v) is 5.55. The maximum atomic E-state index is 5.69. The summed E-state index contributed by atoms with van der Waals surface area (Å²) in [5.41, 5.74) is 0.218. The van der Waals surface area contributed by atoms with Gasteiger partial charge in [-0.25, -0.2) is 4.98 Å². The number of aliphatic imine (C=N–C) groups is 1. The van der Waals surface area contributed by atoms with E-state index in [1.54, 1.807) is 0 Å². The first kappa shape index (κ1) is 23.9. The summed E-state index contributed by atoms with van der Waals surface area (Å²) in [6.45, 7) is 11.1. The van der Waals surface area contributed by atoms with Crippen molar-refractivity contribution in [1.29, 1.82) is 0 Å². The number of halogens is 1. The first-order valence-electron chi connectivity index (χ1n) is 11.1. The fourth-order valence-electron chi connectivity index (χ4n) is 4.75. The quantitative estimate of drug-likeness (QED) is 0.343. The van der Waals surface area contributed by atoms with Crippen molar-refractivity contribution in [1.82, 2.24) is 24.5 Å². The summed E-state index contributed by atoms with van der Waals surface area (Å²) in [5.74, 6) is 1.98. The molecule has 0 aromatic carbocycles. The zero-order valence-electron chi connectivity index (χ0n) is 18.3. The number of piperazine rings is 1. The zero-order valence-corrected chi connectivity index (χ0v) is 21.5. The largest absolute Gasteiger partial charge is 0.381 e. The van der Waals surface area contributed by atoms with E-state index >= 15 is 0 Å². The van der Waals surface area contributed by atoms with E-state index in [1.807, 2.05) is 7.05 Å². The van der Waals surface area contributed by atoms with E-state index in [0.717, 1.165) is 82.1 Å². The van der Waals surface area contributed by atoms with E-state index in [0.29, 0.717) is 0 Å². The van der Waals surface area contributed by atoms with Crippen molar-refractivity contribution in [3.05, 3.63) is 5.82 Å². The molecule has 30 heavy (non-hydrogen) atoms. The molecule has 0 bridgehead atoms. The molecule has 0 spiro atoms. The number of aryl methyl sites for hydroxylation is 1. The molecule has 170 valence electrons. The van der Waals surface area contributed by atoms with E-state index in [1.165, 1.54) is 37.5 Å². The van der Waals surface area contributed by atoms with Crippen LogP contribution in [-0.2, 0) is 11.2 Å². The van der Waals surface area contributed by atoms with Crippen molar-refractivity contribution >= 4 is 46.6 Å². The van der Waals surface area contributed by atoms with Crippen molar-refractivity contribution in [2.45, 2.75) is 44.6 Å². The Morgan fingerprint density at radius 1 is 1.13 bits per heavy atom. The van der Waals surface area contributed by atoms with Gasteiger partial charge in [-0.15, -0.1) is 24.0 Å². The van der Waals surface area contributed by atoms with Crippen LogP contribution in [0.5, 0.6) is 0 Å². The van der Waals surface area contributed by atoms with E-state index in [-0.39, 0.29) is 29.5 Å². The average Bonchev–Trinajstić information content (AvgIpc) is 3.48. The lowest BCUT2D eigenvalue weighted by atomic mass is 9.88. The normalized spacial score (nSPS) is 22.8. The van der Waals surface area contributed by atoms with Gasteiger partial charge in [0.15, 0.2) is 5.96 Å². The molecule has 0 atom stereocenters. The van der Waals surface area contributed by atoms with E-state index in [4.69, 9.17) is 4.74 Å². The number of anilines is 1. The molecule has 0 unspecified atom stereocenters. The smallest absolute Gasteiger partial charge is 0.205 e. The molecule has 0 radical (unpaired) electrons. The molecule has 0 amide bonds. The Hall–Kier alpha value is -0.720. The number of guanidine groups is 1. The Morgan fingerprint density at radius 2 is 1.83 bits per heavy atom. The minimum Gasteiger partial charge on any atom is -0.381 e. The second-order valence-corrected chi connectivity index (χ2v) is 8.98. The number of ether oxygens (including phenoxy) is 1. The van der Waals surface area contributed by atoms with Crippen LogP contribution in [0.15, 0.2) is 4.99 Å². The third kappa shape index (κ3) is 5.36. The highest BCUT2D eigenvalue weighted by molar-refractivity contribution is 14.0. The number of likely N-dealkylation sites (tertiary alicyclic amines) is 1. The van der Waals surface area contributed by atoms with Crippen LogP contribution in [0.1, 0.15) is 38.4 Å². The molecule has 0 aliphatic carbocycles. The molecule has 4 heterocycles. The van der Waals surface area contributed by atoms with E-state index in [2.05, 4.69) is 41.3 Å². The Kier molecular flexibility index (Phi) is 8.96. The molecule has 1 aromatic heterocycles. The van der Waals surface area contributed by atoms with Crippen molar-refractivity contribution in [2.24, 2.45) is 4.99 Å². The lowest BCUT2D eigenvalue weighted by Gasteiger charge is -2.45. The van der Waals surface area contributed by atoms with E-state index < -0.39 is 0 Å². The van der Waals surface area contributed by atoms with Crippen molar-refractivity contribution in [3.8, 4) is 0 Å². The second kappa shape index (κ2) is 11.2. The number of rotatable bonds is 5. The summed E-state index contributed by atoms with van der Waals surface area (Å²) >= 11 is 1.52. The Bertz CT molecular complexity index is 680. The van der Waals surface area contributed by atoms with Crippen LogP contribution in [-0.4, -0.2) is 96.7 Å². The maximum absolute atomic E-state index is 5.69. The topological polar surface area (TPSA) is 69.1 Å². The van der Waals surface area contributed by atoms with Crippen LogP contribution in [0, 0.1) is 0 Å². The van der Waals surface area contributed by atoms with Crippen LogP contribution < -0.4 is 10.2 Å². The van der Waals surface area contributed by atoms with Crippen LogP contribution in [0.2, 0.25) is 0 Å². The van der Waals surface area contributed by atoms with Gasteiger partial charge in [0.25, 0.3) is 0 Å². The van der Waals surface area contributed by atoms with Gasteiger partial charge in [-0.1, -0.05) is 6.92 Å². The number of hydrogen-bond donors (Lipinski definition) is 1. The molecule has 3 fully saturated rings. The third-order valence-corrected chi connectivity index (χ3v) is 7.43. The van der Waals surface area contributed by atoms with Crippen LogP contribution in [0.4, 0.5) is 5.13 Å². The summed E-state index contributed by atoms with van der Waals surface area (Å²) in [4.78, 5) is 16.7. The predicted octanol–water partition coefficient (Wildman–Crippen LogP) is 2.06. The summed E-state index contributed by atoms with van der Waals surface area (Å²) in [6.07, 6.45) is 5.77. The molecular formula is C20H36IN7OS. The number of nitrogens with one attached hydrogen (secondary N) is 1. The number of hydrogen-bond acceptors (Lipinski definition) is 7. The molecule has 0 saturated carbocycles. The standard InChI is InChI=1S/C20H35N7OS.HI/c1-3-17-23-19(29-24-17)26-12-10-25(11-13-26)18(21-2)22-16-20(6-14-28-15-7-20)27-8-4-5-9-27;/h3-16H2,1-2H3,(H,21,22);1H. The van der Waals surface area contributed by atoms with Crippen molar-refractivity contribution < 1.29 is 4.74 Å². The summed E-state index contributed by atoms with van der Waals surface area (Å²) < 4.78 is 10.1. The summed E-state index contributed by atoms with van der Waals surface area (Å²) in [6, 6.07) is 0. The van der Waals surface area contributed by atoms with E-state index in [9.17, 15) is 0 Å². The number of aromatic nitrogens is 2. The Labute approximate surface area is 201 Å². The van der Waals surface area contributed by atoms with Gasteiger partial charge in [-0.3, -0.25) is 9.89 Å². The Balaban J connectivity index is 0.00000256. The minimum absolute atomic E-state index is 0. The number of nitrogens with zero attached hydrogens (tertiary/aromatic N) is 6. The average molecular weight is 550 g/mol. The fraction of sp³-hybridized carbons (Fsp3) is 0.850. The predicted molar refractivity (Wildman–Crippen MR) is 133 cm³/mol. The van der Waals surface area contributed by atoms with Gasteiger partial charge in [0.2, 0.25) is 5.13 Å². The maximum Gasteiger partial charge on any atom is 0.205 e. The zero-order chi connectivity index (χ0) is 20.1. The van der Waals surface area contributed by atoms with Crippen molar-refractivity contribution in [3.63, 3.8) is 0 Å². The van der Waals surface area contributed by atoms with Crippen molar-refractivity contribution in [2.75, 3.05) is 71.0 Å². The van der Waals surface area contributed by atoms with Gasteiger partial charge in [0, 0.05) is 76.5 Å². The first-order chi connectivity index (χ1) is 14.2. The van der Waals surface area contributed by atoms with Gasteiger partial charge < -0.3 is 19.9 Å². The van der Waals surface area contributed by atoms with Gasteiger partial charge in [0.05, 0.1) is 0 Å². The highest BCUT2D eigenvalue weighted by atomic mass is 127. The SMILES string of the molecule is CCc1nsc(N2CCN(C(=NC)NCC3(N4CCCC4)CCOCC3)CC2)n1.I. The van der Waals surface area contributed by atoms with Crippen LogP contribution in [0.25, 0.3) is 0 Å². The second-order valence-electron chi connectivity index (χ2n) is 8.25. The van der Waals surface area contributed by atoms with Crippen LogP contribution >= 0.6 is 35.5 Å². The molecule has 3 aliphatic rings. The molecule has 3 saturated heterocycles. The summed E-state index contributed by atoms with van der Waals surface area (Å²) in [7, 11) is 1.90. The third-order valence-electron chi connectivity index (χ3n) is 6.61. The molecule has 1 N–H and O–H groups in total. The van der Waals surface area contributed by atoms with Gasteiger partial charge in [-0.05, 0) is 38.8 Å². The van der Waals surface area contributed by atoms with Gasteiger partial charge >= 0.3 is 0 Å². The highest BCUT2D eigenvalue weighted by Gasteiger charge is 2.40. The molecule has 1 aromatic rings. The Morgan fingerprint density at radius 3 is 2.43 bits per heavy atom.